The zero-order chi connectivity index (χ0) is 19.1. The summed E-state index contributed by atoms with van der Waals surface area (Å²) in [7, 11) is 0. The van der Waals surface area contributed by atoms with Gasteiger partial charge < -0.3 is 4.74 Å². The Kier molecular flexibility index (Phi) is 7.07. The summed E-state index contributed by atoms with van der Waals surface area (Å²) in [6.45, 7) is 5.31. The van der Waals surface area contributed by atoms with Crippen LogP contribution in [0.4, 0.5) is 0 Å². The summed E-state index contributed by atoms with van der Waals surface area (Å²) in [4.78, 5) is 17.7. The van der Waals surface area contributed by atoms with Gasteiger partial charge >= 0.3 is 0 Å². The first kappa shape index (κ1) is 19.6. The molecule has 0 unspecified atom stereocenters. The molecule has 0 aliphatic carbocycles. The molecule has 1 aromatic heterocycles. The van der Waals surface area contributed by atoms with E-state index >= 15 is 0 Å². The van der Waals surface area contributed by atoms with Crippen molar-refractivity contribution < 1.29 is 4.74 Å². The second kappa shape index (κ2) is 9.72. The van der Waals surface area contributed by atoms with E-state index in [1.807, 2.05) is 48.7 Å². The van der Waals surface area contributed by atoms with Crippen LogP contribution in [0.25, 0.3) is 10.9 Å². The smallest absolute Gasteiger partial charge is 0.262 e. The molecule has 4 nitrogen and oxygen atoms in total. The quantitative estimate of drug-likeness (QED) is 0.309. The van der Waals surface area contributed by atoms with E-state index in [1.165, 1.54) is 5.56 Å². The summed E-state index contributed by atoms with van der Waals surface area (Å²) in [6, 6.07) is 18.0. The SMILES string of the molecule is CC(C)OCCCn1c(SCCc2ccccc2)nc2ccccc2c1=O. The molecule has 142 valence electrons. The lowest BCUT2D eigenvalue weighted by molar-refractivity contribution is 0.0743. The summed E-state index contributed by atoms with van der Waals surface area (Å²) in [5.41, 5.74) is 2.09. The predicted molar refractivity (Wildman–Crippen MR) is 113 cm³/mol. The van der Waals surface area contributed by atoms with Crippen molar-refractivity contribution in [3.05, 3.63) is 70.5 Å². The highest BCUT2D eigenvalue weighted by Crippen LogP contribution is 2.19. The number of para-hydroxylation sites is 1. The number of ether oxygens (including phenoxy) is 1. The average molecular weight is 383 g/mol. The second-order valence-electron chi connectivity index (χ2n) is 6.73. The molecule has 0 saturated carbocycles. The predicted octanol–water partition coefficient (Wildman–Crippen LogP) is 4.55. The normalized spacial score (nSPS) is 11.4. The van der Waals surface area contributed by atoms with Gasteiger partial charge in [0.1, 0.15) is 0 Å². The molecule has 1 heterocycles. The molecule has 0 fully saturated rings. The third-order valence-electron chi connectivity index (χ3n) is 4.27. The lowest BCUT2D eigenvalue weighted by Crippen LogP contribution is -2.24. The Balaban J connectivity index is 1.78. The van der Waals surface area contributed by atoms with Crippen molar-refractivity contribution in [3.63, 3.8) is 0 Å². The third-order valence-corrected chi connectivity index (χ3v) is 5.25. The lowest BCUT2D eigenvalue weighted by atomic mass is 10.2. The lowest BCUT2D eigenvalue weighted by Gasteiger charge is -2.14. The Morgan fingerprint density at radius 3 is 2.59 bits per heavy atom. The van der Waals surface area contributed by atoms with E-state index in [0.717, 1.165) is 29.3 Å². The van der Waals surface area contributed by atoms with Crippen molar-refractivity contribution in [2.75, 3.05) is 12.4 Å². The van der Waals surface area contributed by atoms with E-state index in [9.17, 15) is 4.79 Å². The highest BCUT2D eigenvalue weighted by atomic mass is 32.2. The summed E-state index contributed by atoms with van der Waals surface area (Å²) >= 11 is 1.65. The van der Waals surface area contributed by atoms with Crippen LogP contribution < -0.4 is 5.56 Å². The molecule has 0 spiro atoms. The summed E-state index contributed by atoms with van der Waals surface area (Å²) < 4.78 is 7.43. The van der Waals surface area contributed by atoms with Crippen molar-refractivity contribution in [3.8, 4) is 0 Å². The fourth-order valence-corrected chi connectivity index (χ4v) is 3.91. The van der Waals surface area contributed by atoms with Gasteiger partial charge in [-0.25, -0.2) is 4.98 Å². The molecule has 2 aromatic carbocycles. The number of benzene rings is 2. The summed E-state index contributed by atoms with van der Waals surface area (Å²) in [5.74, 6) is 0.886. The van der Waals surface area contributed by atoms with E-state index in [1.54, 1.807) is 11.8 Å². The van der Waals surface area contributed by atoms with Gasteiger partial charge in [-0.2, -0.15) is 0 Å². The zero-order valence-corrected chi connectivity index (χ0v) is 16.7. The van der Waals surface area contributed by atoms with Crippen LogP contribution in [-0.4, -0.2) is 28.0 Å². The molecule has 0 bridgehead atoms. The van der Waals surface area contributed by atoms with Crippen molar-refractivity contribution in [2.45, 2.75) is 44.5 Å². The minimum absolute atomic E-state index is 0.0346. The molecule has 3 rings (SSSR count). The maximum Gasteiger partial charge on any atom is 0.262 e. The van der Waals surface area contributed by atoms with Crippen LogP contribution in [0.2, 0.25) is 0 Å². The molecule has 27 heavy (non-hydrogen) atoms. The molecule has 0 radical (unpaired) electrons. The second-order valence-corrected chi connectivity index (χ2v) is 7.79. The number of nitrogens with zero attached hydrogens (tertiary/aromatic N) is 2. The first-order valence-electron chi connectivity index (χ1n) is 9.43. The Morgan fingerprint density at radius 1 is 1.07 bits per heavy atom. The van der Waals surface area contributed by atoms with Crippen LogP contribution in [0.1, 0.15) is 25.8 Å². The fraction of sp³-hybridized carbons (Fsp3) is 0.364. The first-order chi connectivity index (χ1) is 13.1. The van der Waals surface area contributed by atoms with Gasteiger partial charge in [-0.1, -0.05) is 54.2 Å². The topological polar surface area (TPSA) is 44.1 Å². The third kappa shape index (κ3) is 5.44. The molecule has 5 heteroatoms. The summed E-state index contributed by atoms with van der Waals surface area (Å²) in [6.07, 6.45) is 1.95. The van der Waals surface area contributed by atoms with Gasteiger partial charge in [-0.15, -0.1) is 0 Å². The van der Waals surface area contributed by atoms with Crippen LogP contribution in [-0.2, 0) is 17.7 Å². The van der Waals surface area contributed by atoms with E-state index in [0.29, 0.717) is 18.5 Å². The number of rotatable bonds is 9. The number of hydrogen-bond acceptors (Lipinski definition) is 4. The summed E-state index contributed by atoms with van der Waals surface area (Å²) in [5, 5.41) is 1.47. The van der Waals surface area contributed by atoms with Gasteiger partial charge in [-0.3, -0.25) is 9.36 Å². The van der Waals surface area contributed by atoms with Crippen molar-refractivity contribution in [1.82, 2.24) is 9.55 Å². The van der Waals surface area contributed by atoms with Crippen LogP contribution in [0.15, 0.2) is 64.5 Å². The number of aryl methyl sites for hydroxylation is 1. The van der Waals surface area contributed by atoms with Crippen molar-refractivity contribution in [1.29, 1.82) is 0 Å². The number of thioether (sulfide) groups is 1. The largest absolute Gasteiger partial charge is 0.379 e. The minimum Gasteiger partial charge on any atom is -0.379 e. The van der Waals surface area contributed by atoms with Crippen LogP contribution >= 0.6 is 11.8 Å². The maximum absolute atomic E-state index is 13.0. The maximum atomic E-state index is 13.0. The van der Waals surface area contributed by atoms with Gasteiger partial charge in [-0.05, 0) is 44.4 Å². The van der Waals surface area contributed by atoms with Crippen molar-refractivity contribution >= 4 is 22.7 Å². The van der Waals surface area contributed by atoms with Gasteiger partial charge in [0.25, 0.3) is 5.56 Å². The Morgan fingerprint density at radius 2 is 1.81 bits per heavy atom. The Bertz CT molecular complexity index is 922. The molecular formula is C22H26N2O2S. The van der Waals surface area contributed by atoms with E-state index in [4.69, 9.17) is 9.72 Å². The Labute approximate surface area is 164 Å². The number of fused-ring (bicyclic) bond motifs is 1. The molecule has 0 amide bonds. The van der Waals surface area contributed by atoms with Crippen molar-refractivity contribution in [2.24, 2.45) is 0 Å². The molecule has 0 atom stereocenters. The van der Waals surface area contributed by atoms with E-state index < -0.39 is 0 Å². The number of hydrogen-bond donors (Lipinski definition) is 0. The zero-order valence-electron chi connectivity index (χ0n) is 15.9. The Hall–Kier alpha value is -2.11. The standard InChI is InChI=1S/C22H26N2O2S/c1-17(2)26-15-8-14-24-21(25)19-11-6-7-12-20(19)23-22(24)27-16-13-18-9-4-3-5-10-18/h3-7,9-12,17H,8,13-16H2,1-2H3. The highest BCUT2D eigenvalue weighted by Gasteiger charge is 2.11. The monoisotopic (exact) mass is 382 g/mol. The van der Waals surface area contributed by atoms with Gasteiger partial charge in [0.15, 0.2) is 5.16 Å². The fourth-order valence-electron chi connectivity index (χ4n) is 2.90. The highest BCUT2D eigenvalue weighted by molar-refractivity contribution is 7.99. The molecule has 0 aliphatic rings. The minimum atomic E-state index is 0.0346. The average Bonchev–Trinajstić information content (AvgIpc) is 2.68. The van der Waals surface area contributed by atoms with Gasteiger partial charge in [0.2, 0.25) is 0 Å². The van der Waals surface area contributed by atoms with Gasteiger partial charge in [0.05, 0.1) is 17.0 Å². The van der Waals surface area contributed by atoms with Gasteiger partial charge in [0, 0.05) is 18.9 Å². The van der Waals surface area contributed by atoms with Crippen LogP contribution in [0, 0.1) is 0 Å². The number of aromatic nitrogens is 2. The van der Waals surface area contributed by atoms with Crippen LogP contribution in [0.5, 0.6) is 0 Å². The molecule has 0 N–H and O–H groups in total. The van der Waals surface area contributed by atoms with Crippen LogP contribution in [0.3, 0.4) is 0 Å². The van der Waals surface area contributed by atoms with E-state index in [-0.39, 0.29) is 11.7 Å². The molecule has 0 saturated heterocycles. The van der Waals surface area contributed by atoms with E-state index in [2.05, 4.69) is 24.3 Å². The molecule has 0 aliphatic heterocycles. The molecular weight excluding hydrogens is 356 g/mol. The first-order valence-corrected chi connectivity index (χ1v) is 10.4. The molecule has 3 aromatic rings.